The van der Waals surface area contributed by atoms with E-state index in [2.05, 4.69) is 6.58 Å². The van der Waals surface area contributed by atoms with Gasteiger partial charge < -0.3 is 33.1 Å². The SMILES string of the molecule is C=CCOP(=O)(CC1(O)O[C@@H](COCc2ccccc2)[C@@H](OCc2ccccc2)[C@@H]1OCc1ccccc1)OCc1ccccc1. The Kier molecular flexibility index (Phi) is 12.5. The molecule has 0 aromatic heterocycles. The molecule has 4 aromatic carbocycles. The molecule has 2 unspecified atom stereocenters. The highest BCUT2D eigenvalue weighted by Crippen LogP contribution is 2.54. The molecule has 5 rings (SSSR count). The number of hydrogen-bond donors (Lipinski definition) is 1. The number of aliphatic hydroxyl groups is 1. The maximum Gasteiger partial charge on any atom is 0.336 e. The van der Waals surface area contributed by atoms with Crippen LogP contribution in [0.2, 0.25) is 0 Å². The zero-order chi connectivity index (χ0) is 32.1. The second-order valence-electron chi connectivity index (χ2n) is 11.1. The van der Waals surface area contributed by atoms with Gasteiger partial charge in [0, 0.05) is 0 Å². The summed E-state index contributed by atoms with van der Waals surface area (Å²) in [5.74, 6) is -2.11. The smallest absolute Gasteiger partial charge is 0.336 e. The van der Waals surface area contributed by atoms with Crippen LogP contribution in [0.3, 0.4) is 0 Å². The van der Waals surface area contributed by atoms with Crippen LogP contribution in [0.5, 0.6) is 0 Å². The van der Waals surface area contributed by atoms with Crippen LogP contribution in [0.25, 0.3) is 0 Å². The highest BCUT2D eigenvalue weighted by Gasteiger charge is 2.59. The average molecular weight is 645 g/mol. The zero-order valence-corrected chi connectivity index (χ0v) is 26.7. The van der Waals surface area contributed by atoms with Crippen LogP contribution >= 0.6 is 7.60 Å². The molecule has 5 atom stereocenters. The highest BCUT2D eigenvalue weighted by atomic mass is 31.2. The Balaban J connectivity index is 1.42. The lowest BCUT2D eigenvalue weighted by Gasteiger charge is -2.32. The van der Waals surface area contributed by atoms with E-state index >= 15 is 0 Å². The van der Waals surface area contributed by atoms with Gasteiger partial charge in [-0.1, -0.05) is 127 Å². The van der Waals surface area contributed by atoms with Crippen molar-refractivity contribution < 1.29 is 37.7 Å². The van der Waals surface area contributed by atoms with E-state index in [-0.39, 0.29) is 33.0 Å². The summed E-state index contributed by atoms with van der Waals surface area (Å²) in [6.45, 7) is 4.47. The second-order valence-corrected chi connectivity index (χ2v) is 13.1. The Morgan fingerprint density at radius 1 is 0.696 bits per heavy atom. The van der Waals surface area contributed by atoms with Gasteiger partial charge in [-0.3, -0.25) is 4.57 Å². The Morgan fingerprint density at radius 2 is 1.17 bits per heavy atom. The summed E-state index contributed by atoms with van der Waals surface area (Å²) in [5, 5.41) is 12.3. The van der Waals surface area contributed by atoms with Crippen LogP contribution in [0.15, 0.2) is 134 Å². The summed E-state index contributed by atoms with van der Waals surface area (Å²) in [6.07, 6.45) is -1.64. The van der Waals surface area contributed by atoms with Crippen molar-refractivity contribution >= 4 is 7.60 Å². The zero-order valence-electron chi connectivity index (χ0n) is 25.8. The maximum atomic E-state index is 14.3. The fourth-order valence-electron chi connectivity index (χ4n) is 5.24. The lowest BCUT2D eigenvalue weighted by molar-refractivity contribution is -0.230. The topological polar surface area (TPSA) is 92.7 Å². The highest BCUT2D eigenvalue weighted by molar-refractivity contribution is 7.53. The first kappa shape index (κ1) is 33.9. The van der Waals surface area contributed by atoms with Gasteiger partial charge in [0.2, 0.25) is 5.79 Å². The van der Waals surface area contributed by atoms with Crippen LogP contribution in [0.1, 0.15) is 22.3 Å². The van der Waals surface area contributed by atoms with E-state index in [1.54, 1.807) is 0 Å². The first-order valence-corrected chi connectivity index (χ1v) is 17.0. The van der Waals surface area contributed by atoms with E-state index in [1.807, 2.05) is 121 Å². The van der Waals surface area contributed by atoms with E-state index in [1.165, 1.54) is 6.08 Å². The van der Waals surface area contributed by atoms with Crippen molar-refractivity contribution in [2.24, 2.45) is 0 Å². The Labute approximate surface area is 271 Å². The van der Waals surface area contributed by atoms with E-state index in [4.69, 9.17) is 28.0 Å². The molecule has 4 aromatic rings. The summed E-state index contributed by atoms with van der Waals surface area (Å²) in [4.78, 5) is 0. The van der Waals surface area contributed by atoms with Crippen molar-refractivity contribution in [3.63, 3.8) is 0 Å². The van der Waals surface area contributed by atoms with Gasteiger partial charge in [0.15, 0.2) is 0 Å². The van der Waals surface area contributed by atoms with Gasteiger partial charge in [0.1, 0.15) is 24.5 Å². The van der Waals surface area contributed by atoms with Crippen molar-refractivity contribution in [3.8, 4) is 0 Å². The average Bonchev–Trinajstić information content (AvgIpc) is 3.35. The van der Waals surface area contributed by atoms with Gasteiger partial charge in [-0.25, -0.2) is 0 Å². The van der Waals surface area contributed by atoms with Crippen LogP contribution in [-0.4, -0.2) is 48.6 Å². The minimum Gasteiger partial charge on any atom is -0.374 e. The van der Waals surface area contributed by atoms with Gasteiger partial charge >= 0.3 is 7.60 Å². The van der Waals surface area contributed by atoms with Gasteiger partial charge in [0.05, 0.1) is 39.6 Å². The number of ether oxygens (including phenoxy) is 4. The second kappa shape index (κ2) is 16.9. The normalized spacial score (nSPS) is 22.3. The van der Waals surface area contributed by atoms with E-state index in [0.717, 1.165) is 22.3 Å². The molecule has 0 radical (unpaired) electrons. The van der Waals surface area contributed by atoms with Crippen LogP contribution in [-0.2, 0) is 59.0 Å². The van der Waals surface area contributed by atoms with Crippen LogP contribution in [0, 0.1) is 0 Å². The van der Waals surface area contributed by atoms with E-state index in [9.17, 15) is 9.67 Å². The molecule has 1 heterocycles. The third kappa shape index (κ3) is 9.79. The first-order valence-electron chi connectivity index (χ1n) is 15.3. The molecule has 0 saturated carbocycles. The van der Waals surface area contributed by atoms with Gasteiger partial charge in [-0.2, -0.15) is 0 Å². The number of rotatable bonds is 18. The molecule has 0 aliphatic carbocycles. The van der Waals surface area contributed by atoms with Crippen LogP contribution in [0.4, 0.5) is 0 Å². The predicted molar refractivity (Wildman–Crippen MR) is 176 cm³/mol. The molecule has 0 amide bonds. The summed E-state index contributed by atoms with van der Waals surface area (Å²) in [6, 6.07) is 38.4. The summed E-state index contributed by atoms with van der Waals surface area (Å²) < 4.78 is 51.2. The molecule has 0 bridgehead atoms. The summed E-state index contributed by atoms with van der Waals surface area (Å²) >= 11 is 0. The summed E-state index contributed by atoms with van der Waals surface area (Å²) in [5.41, 5.74) is 3.63. The van der Waals surface area contributed by atoms with Crippen molar-refractivity contribution in [1.29, 1.82) is 0 Å². The largest absolute Gasteiger partial charge is 0.374 e. The fourth-order valence-corrected chi connectivity index (χ4v) is 6.98. The van der Waals surface area contributed by atoms with Crippen molar-refractivity contribution in [2.75, 3.05) is 19.4 Å². The predicted octanol–water partition coefficient (Wildman–Crippen LogP) is 7.07. The Morgan fingerprint density at radius 3 is 1.70 bits per heavy atom. The third-order valence-corrected chi connectivity index (χ3v) is 9.40. The summed E-state index contributed by atoms with van der Waals surface area (Å²) in [7, 11) is -3.98. The molecule has 46 heavy (non-hydrogen) atoms. The quantitative estimate of drug-likeness (QED) is 0.0909. The molecule has 8 nitrogen and oxygen atoms in total. The molecule has 242 valence electrons. The Bertz CT molecular complexity index is 1510. The van der Waals surface area contributed by atoms with E-state index < -0.39 is 37.9 Å². The molecule has 0 spiro atoms. The minimum atomic E-state index is -3.98. The lowest BCUT2D eigenvalue weighted by Crippen LogP contribution is -2.48. The van der Waals surface area contributed by atoms with Crippen molar-refractivity contribution in [1.82, 2.24) is 0 Å². The maximum absolute atomic E-state index is 14.3. The minimum absolute atomic E-state index is 0.0123. The third-order valence-electron chi connectivity index (χ3n) is 7.50. The lowest BCUT2D eigenvalue weighted by atomic mass is 10.1. The van der Waals surface area contributed by atoms with Crippen molar-refractivity contribution in [3.05, 3.63) is 156 Å². The standard InChI is InChI=1S/C37H41O8P/c1-2-23-43-46(39,44-27-33-21-13-6-14-22-33)29-37(38)36(42-26-32-19-11-5-12-20-32)35(41-25-31-17-9-4-10-18-31)34(45-37)28-40-24-30-15-7-3-8-16-30/h2-22,34-36,38H,1,23-29H2/t34-,35+,36-,37?,46?/m0/s1. The number of benzene rings is 4. The molecule has 1 saturated heterocycles. The Hall–Kier alpha value is -3.43. The molecule has 1 N–H and O–H groups in total. The molecular weight excluding hydrogens is 603 g/mol. The van der Waals surface area contributed by atoms with E-state index in [0.29, 0.717) is 6.61 Å². The molecule has 1 aliphatic heterocycles. The fraction of sp³-hybridized carbons (Fsp3) is 0.297. The van der Waals surface area contributed by atoms with Crippen molar-refractivity contribution in [2.45, 2.75) is 50.5 Å². The number of hydrogen-bond acceptors (Lipinski definition) is 8. The van der Waals surface area contributed by atoms with Crippen LogP contribution < -0.4 is 0 Å². The molecular formula is C37H41O8P. The van der Waals surface area contributed by atoms with Gasteiger partial charge in [0.25, 0.3) is 0 Å². The molecule has 1 fully saturated rings. The molecule has 1 aliphatic rings. The monoisotopic (exact) mass is 644 g/mol. The molecule has 9 heteroatoms. The van der Waals surface area contributed by atoms with Gasteiger partial charge in [-0.05, 0) is 22.3 Å². The first-order chi connectivity index (χ1) is 22.5. The van der Waals surface area contributed by atoms with Gasteiger partial charge in [-0.15, -0.1) is 6.58 Å².